The summed E-state index contributed by atoms with van der Waals surface area (Å²) >= 11 is 6.15. The van der Waals surface area contributed by atoms with Crippen LogP contribution in [-0.2, 0) is 9.59 Å². The van der Waals surface area contributed by atoms with Crippen molar-refractivity contribution in [3.63, 3.8) is 0 Å². The van der Waals surface area contributed by atoms with Crippen LogP contribution in [0.1, 0.15) is 44.2 Å². The zero-order valence-corrected chi connectivity index (χ0v) is 23.6. The lowest BCUT2D eigenvalue weighted by molar-refractivity contribution is -0.150. The van der Waals surface area contributed by atoms with E-state index in [1.54, 1.807) is 43.4 Å². The quantitative estimate of drug-likeness (QED) is 0.487. The van der Waals surface area contributed by atoms with Crippen molar-refractivity contribution in [1.29, 1.82) is 5.26 Å². The van der Waals surface area contributed by atoms with Gasteiger partial charge >= 0.3 is 5.97 Å². The molecule has 1 saturated heterocycles. The lowest BCUT2D eigenvalue weighted by Crippen LogP contribution is -2.44. The van der Waals surface area contributed by atoms with Crippen LogP contribution in [0.5, 0.6) is 5.75 Å². The maximum absolute atomic E-state index is 13.4. The molecule has 1 fully saturated rings. The molecule has 2 atom stereocenters. The van der Waals surface area contributed by atoms with Gasteiger partial charge in [-0.15, -0.1) is 0 Å². The van der Waals surface area contributed by atoms with E-state index in [4.69, 9.17) is 16.3 Å². The number of ether oxygens (including phenoxy) is 1. The Balaban J connectivity index is 1.57. The molecule has 1 amide bonds. The number of halogens is 1. The molecule has 0 bridgehead atoms. The molecule has 9 nitrogen and oxygen atoms in total. The van der Waals surface area contributed by atoms with Crippen LogP contribution in [0.2, 0.25) is 5.02 Å². The molecule has 1 aromatic heterocycles. The predicted molar refractivity (Wildman–Crippen MR) is 152 cm³/mol. The van der Waals surface area contributed by atoms with Crippen LogP contribution in [0.15, 0.2) is 59.2 Å². The highest BCUT2D eigenvalue weighted by molar-refractivity contribution is 6.31. The number of piperidine rings is 1. The highest BCUT2D eigenvalue weighted by atomic mass is 35.5. The van der Waals surface area contributed by atoms with Gasteiger partial charge in [0.25, 0.3) is 5.56 Å². The summed E-state index contributed by atoms with van der Waals surface area (Å²) in [7, 11) is 3.48. The van der Waals surface area contributed by atoms with Gasteiger partial charge in [0.15, 0.2) is 0 Å². The van der Waals surface area contributed by atoms with Gasteiger partial charge in [-0.2, -0.15) is 5.26 Å². The lowest BCUT2D eigenvalue weighted by atomic mass is 9.67. The molecule has 0 saturated carbocycles. The first-order valence-electron chi connectivity index (χ1n) is 13.3. The fraction of sp³-hybridized carbons (Fsp3) is 0.400. The number of nitrogens with zero attached hydrogens (tertiary/aromatic N) is 3. The van der Waals surface area contributed by atoms with Crippen LogP contribution in [-0.4, -0.2) is 53.7 Å². The molecular weight excluding hydrogens is 532 g/mol. The van der Waals surface area contributed by atoms with E-state index in [-0.39, 0.29) is 12.3 Å². The minimum Gasteiger partial charge on any atom is -0.495 e. The fourth-order valence-electron chi connectivity index (χ4n) is 5.62. The van der Waals surface area contributed by atoms with Gasteiger partial charge < -0.3 is 20.1 Å². The largest absolute Gasteiger partial charge is 0.495 e. The van der Waals surface area contributed by atoms with E-state index in [1.165, 1.54) is 23.9 Å². The zero-order valence-electron chi connectivity index (χ0n) is 22.8. The summed E-state index contributed by atoms with van der Waals surface area (Å²) in [6.07, 6.45) is 8.79. The highest BCUT2D eigenvalue weighted by Gasteiger charge is 2.45. The van der Waals surface area contributed by atoms with Crippen LogP contribution >= 0.6 is 11.6 Å². The van der Waals surface area contributed by atoms with E-state index >= 15 is 0 Å². The van der Waals surface area contributed by atoms with Crippen molar-refractivity contribution < 1.29 is 19.4 Å². The van der Waals surface area contributed by atoms with Gasteiger partial charge in [-0.3, -0.25) is 19.0 Å². The van der Waals surface area contributed by atoms with E-state index in [0.717, 1.165) is 25.9 Å². The summed E-state index contributed by atoms with van der Waals surface area (Å²) in [6.45, 7) is 3.50. The van der Waals surface area contributed by atoms with Crippen LogP contribution in [0.3, 0.4) is 0 Å². The molecule has 210 valence electrons. The fourth-order valence-corrected chi connectivity index (χ4v) is 5.79. The summed E-state index contributed by atoms with van der Waals surface area (Å²) in [4.78, 5) is 41.2. The molecule has 1 aliphatic heterocycles. The minimum atomic E-state index is -0.998. The Morgan fingerprint density at radius 3 is 2.58 bits per heavy atom. The number of rotatable bonds is 8. The molecule has 2 unspecified atom stereocenters. The lowest BCUT2D eigenvalue weighted by Gasteiger charge is -2.40. The number of allylic oxidation sites excluding steroid dienone is 2. The summed E-state index contributed by atoms with van der Waals surface area (Å²) in [5, 5.41) is 22.9. The third-order valence-electron chi connectivity index (χ3n) is 8.01. The summed E-state index contributed by atoms with van der Waals surface area (Å²) < 4.78 is 6.85. The average Bonchev–Trinajstić information content (AvgIpc) is 2.94. The Hall–Kier alpha value is -3.87. The number of hydrogen-bond donors (Lipinski definition) is 2. The Morgan fingerprint density at radius 2 is 2.00 bits per heavy atom. The molecule has 2 N–H and O–H groups in total. The predicted octanol–water partition coefficient (Wildman–Crippen LogP) is 4.37. The van der Waals surface area contributed by atoms with Gasteiger partial charge in [0.05, 0.1) is 30.4 Å². The van der Waals surface area contributed by atoms with Crippen molar-refractivity contribution in [3.05, 3.63) is 75.3 Å². The smallest absolute Gasteiger partial charge is 0.314 e. The Labute approximate surface area is 238 Å². The monoisotopic (exact) mass is 564 g/mol. The molecule has 2 aromatic rings. The van der Waals surface area contributed by atoms with Gasteiger partial charge in [-0.05, 0) is 76.0 Å². The van der Waals surface area contributed by atoms with Crippen molar-refractivity contribution >= 4 is 23.5 Å². The SMILES string of the molecule is CCC(C(=O)NC1=CCC(C(=O)O)(C2CCN(C)CC2)C=C1)n1cc(OC)c(-c2cc(Cl)ccc2C#N)cc1=O. The van der Waals surface area contributed by atoms with Crippen LogP contribution in [0, 0.1) is 22.7 Å². The first kappa shape index (κ1) is 29.1. The molecule has 2 heterocycles. The van der Waals surface area contributed by atoms with Crippen molar-refractivity contribution in [2.24, 2.45) is 11.3 Å². The number of carbonyl (C=O) groups is 2. The number of aliphatic carboxylic acids is 1. The second-order valence-corrected chi connectivity index (χ2v) is 10.8. The topological polar surface area (TPSA) is 125 Å². The number of pyridine rings is 1. The Morgan fingerprint density at radius 1 is 1.27 bits per heavy atom. The number of nitriles is 1. The van der Waals surface area contributed by atoms with Gasteiger partial charge in [0.1, 0.15) is 11.8 Å². The first-order chi connectivity index (χ1) is 19.1. The van der Waals surface area contributed by atoms with E-state index in [1.807, 2.05) is 7.05 Å². The van der Waals surface area contributed by atoms with E-state index < -0.39 is 28.9 Å². The summed E-state index contributed by atoms with van der Waals surface area (Å²) in [6, 6.07) is 7.35. The van der Waals surface area contributed by atoms with E-state index in [9.17, 15) is 24.8 Å². The number of aromatic nitrogens is 1. The maximum atomic E-state index is 13.4. The normalized spacial score (nSPS) is 20.3. The van der Waals surface area contributed by atoms with Crippen molar-refractivity contribution in [2.45, 2.75) is 38.6 Å². The van der Waals surface area contributed by atoms with Gasteiger partial charge in [0.2, 0.25) is 5.91 Å². The first-order valence-corrected chi connectivity index (χ1v) is 13.6. The van der Waals surface area contributed by atoms with Crippen LogP contribution in [0.25, 0.3) is 11.1 Å². The molecule has 0 spiro atoms. The molecule has 1 aromatic carbocycles. The number of carbonyl (C=O) groups excluding carboxylic acids is 1. The molecule has 10 heteroatoms. The number of hydrogen-bond acceptors (Lipinski definition) is 6. The Kier molecular flexibility index (Phi) is 8.82. The molecular formula is C30H33ClN4O5. The summed E-state index contributed by atoms with van der Waals surface area (Å²) in [5.74, 6) is -0.937. The second-order valence-electron chi connectivity index (χ2n) is 10.3. The third-order valence-corrected chi connectivity index (χ3v) is 8.25. The maximum Gasteiger partial charge on any atom is 0.314 e. The van der Waals surface area contributed by atoms with Crippen molar-refractivity contribution in [3.8, 4) is 22.9 Å². The van der Waals surface area contributed by atoms with Crippen molar-refractivity contribution in [2.75, 3.05) is 27.2 Å². The number of carboxylic acids is 1. The molecule has 40 heavy (non-hydrogen) atoms. The van der Waals surface area contributed by atoms with Gasteiger partial charge in [0, 0.05) is 27.9 Å². The van der Waals surface area contributed by atoms with E-state index in [0.29, 0.717) is 39.6 Å². The van der Waals surface area contributed by atoms with Crippen LogP contribution < -0.4 is 15.6 Å². The zero-order chi connectivity index (χ0) is 29.0. The second kappa shape index (κ2) is 12.1. The third kappa shape index (κ3) is 5.69. The Bertz CT molecular complexity index is 1470. The number of benzene rings is 1. The molecule has 4 rings (SSSR count). The van der Waals surface area contributed by atoms with Gasteiger partial charge in [-0.1, -0.05) is 30.7 Å². The minimum absolute atomic E-state index is 0.0138. The number of methoxy groups -OCH3 is 1. The number of amides is 1. The van der Waals surface area contributed by atoms with Crippen LogP contribution in [0.4, 0.5) is 0 Å². The molecule has 0 radical (unpaired) electrons. The van der Waals surface area contributed by atoms with E-state index in [2.05, 4.69) is 16.3 Å². The molecule has 1 aliphatic carbocycles. The van der Waals surface area contributed by atoms with Gasteiger partial charge in [-0.25, -0.2) is 0 Å². The number of nitrogens with one attached hydrogen (secondary N) is 1. The standard InChI is InChI=1S/C30H33ClN4O5/c1-4-25(35-18-26(40-3)24(16-27(35)36)23-15-21(31)6-5-19(23)17-32)28(37)33-22-7-11-30(12-8-22,29(38)39)20-9-13-34(2)14-10-20/h5-8,11,15-16,18,20,25H,4,9-10,12-14H2,1-3H3,(H,33,37)(H,38,39). The summed E-state index contributed by atoms with van der Waals surface area (Å²) in [5.41, 5.74) is 0.248. The number of likely N-dealkylation sites (tertiary alicyclic amines) is 1. The highest BCUT2D eigenvalue weighted by Crippen LogP contribution is 2.43. The molecule has 2 aliphatic rings. The van der Waals surface area contributed by atoms with Crippen molar-refractivity contribution in [1.82, 2.24) is 14.8 Å². The number of carboxylic acid groups (broad SMARTS) is 1. The average molecular weight is 565 g/mol.